The molecule has 0 aliphatic heterocycles. The largest absolute Gasteiger partial charge is 0.431 e. The lowest BCUT2D eigenvalue weighted by Crippen LogP contribution is -2.15. The Morgan fingerprint density at radius 1 is 1.32 bits per heavy atom. The van der Waals surface area contributed by atoms with Crippen LogP contribution in [-0.2, 0) is 4.79 Å². The van der Waals surface area contributed by atoms with E-state index in [2.05, 4.69) is 15.6 Å². The summed E-state index contributed by atoms with van der Waals surface area (Å²) in [5.41, 5.74) is 1.57. The van der Waals surface area contributed by atoms with Crippen LogP contribution < -0.4 is 10.6 Å². The van der Waals surface area contributed by atoms with Gasteiger partial charge in [0, 0.05) is 16.6 Å². The number of aryl methyl sites for hydroxylation is 1. The van der Waals surface area contributed by atoms with E-state index in [0.29, 0.717) is 10.7 Å². The molecular weight excluding hydrogens is 306 g/mol. The lowest BCUT2D eigenvalue weighted by Gasteiger charge is -2.04. The van der Waals surface area contributed by atoms with Gasteiger partial charge in [0.05, 0.1) is 0 Å². The van der Waals surface area contributed by atoms with Crippen molar-refractivity contribution in [3.63, 3.8) is 0 Å². The number of benzene rings is 1. The molecule has 1 aromatic carbocycles. The third-order valence-corrected chi connectivity index (χ3v) is 3.75. The molecule has 1 aliphatic carbocycles. The lowest BCUT2D eigenvalue weighted by atomic mass is 10.2. The van der Waals surface area contributed by atoms with Crippen molar-refractivity contribution < 1.29 is 14.0 Å². The third-order valence-electron chi connectivity index (χ3n) is 3.34. The fourth-order valence-electron chi connectivity index (χ4n) is 1.85. The smallest absolute Gasteiger partial charge is 0.302 e. The number of amides is 2. The quantitative estimate of drug-likeness (QED) is 0.906. The summed E-state index contributed by atoms with van der Waals surface area (Å²) in [4.78, 5) is 27.6. The first-order chi connectivity index (χ1) is 10.5. The first-order valence-corrected chi connectivity index (χ1v) is 7.24. The van der Waals surface area contributed by atoms with Gasteiger partial charge in [-0.15, -0.1) is 0 Å². The van der Waals surface area contributed by atoms with Gasteiger partial charge >= 0.3 is 6.01 Å². The Hall–Kier alpha value is -2.34. The van der Waals surface area contributed by atoms with Gasteiger partial charge in [-0.25, -0.2) is 0 Å². The van der Waals surface area contributed by atoms with Gasteiger partial charge in [0.1, 0.15) is 6.26 Å². The molecule has 1 saturated carbocycles. The maximum absolute atomic E-state index is 12.1. The topological polar surface area (TPSA) is 84.2 Å². The third kappa shape index (κ3) is 3.28. The maximum atomic E-state index is 12.1. The van der Waals surface area contributed by atoms with E-state index in [1.807, 2.05) is 13.0 Å². The zero-order valence-electron chi connectivity index (χ0n) is 11.9. The van der Waals surface area contributed by atoms with Crippen LogP contribution in [0, 0.1) is 12.8 Å². The highest BCUT2D eigenvalue weighted by atomic mass is 35.5. The van der Waals surface area contributed by atoms with Crippen molar-refractivity contribution in [2.45, 2.75) is 19.8 Å². The number of carbonyl (C=O) groups is 2. The summed E-state index contributed by atoms with van der Waals surface area (Å²) < 4.78 is 5.08. The summed E-state index contributed by atoms with van der Waals surface area (Å²) in [5.74, 6) is -0.520. The van der Waals surface area contributed by atoms with E-state index in [9.17, 15) is 9.59 Å². The highest BCUT2D eigenvalue weighted by Crippen LogP contribution is 2.30. The van der Waals surface area contributed by atoms with E-state index in [4.69, 9.17) is 16.0 Å². The van der Waals surface area contributed by atoms with Gasteiger partial charge in [0.25, 0.3) is 5.91 Å². The summed E-state index contributed by atoms with van der Waals surface area (Å²) in [6.07, 6.45) is 2.97. The molecule has 1 aliphatic rings. The van der Waals surface area contributed by atoms with Crippen LogP contribution in [0.2, 0.25) is 5.02 Å². The van der Waals surface area contributed by atoms with Crippen molar-refractivity contribution in [1.29, 1.82) is 0 Å². The van der Waals surface area contributed by atoms with Gasteiger partial charge in [0.15, 0.2) is 5.69 Å². The Morgan fingerprint density at radius 3 is 2.77 bits per heavy atom. The average molecular weight is 320 g/mol. The van der Waals surface area contributed by atoms with Crippen LogP contribution in [0.1, 0.15) is 28.9 Å². The highest BCUT2D eigenvalue weighted by molar-refractivity contribution is 6.31. The van der Waals surface area contributed by atoms with E-state index in [0.717, 1.165) is 18.4 Å². The minimum Gasteiger partial charge on any atom is -0.431 e. The van der Waals surface area contributed by atoms with Crippen LogP contribution in [0.15, 0.2) is 28.9 Å². The number of carbonyl (C=O) groups excluding carboxylic acids is 2. The molecular formula is C15H14ClN3O3. The minimum atomic E-state index is -0.435. The van der Waals surface area contributed by atoms with E-state index < -0.39 is 5.91 Å². The molecule has 6 nitrogen and oxygen atoms in total. The lowest BCUT2D eigenvalue weighted by molar-refractivity contribution is -0.117. The average Bonchev–Trinajstić information content (AvgIpc) is 3.23. The van der Waals surface area contributed by atoms with Gasteiger partial charge in [-0.3, -0.25) is 14.9 Å². The Kier molecular flexibility index (Phi) is 3.85. The molecule has 1 fully saturated rings. The second-order valence-corrected chi connectivity index (χ2v) is 5.63. The molecule has 3 rings (SSSR count). The van der Waals surface area contributed by atoms with Crippen LogP contribution in [0.3, 0.4) is 0 Å². The Balaban J connectivity index is 1.65. The van der Waals surface area contributed by atoms with Crippen molar-refractivity contribution in [3.05, 3.63) is 40.7 Å². The fraction of sp³-hybridized carbons (Fsp3) is 0.267. The molecule has 2 N–H and O–H groups in total. The standard InChI is InChI=1S/C15H14ClN3O3/c1-8-2-5-10(6-11(8)16)17-14(21)12-7-22-15(18-12)19-13(20)9-3-4-9/h2,5-7,9H,3-4H2,1H3,(H,17,21)(H,18,19,20). The molecule has 0 unspecified atom stereocenters. The van der Waals surface area contributed by atoms with Crippen LogP contribution in [0.5, 0.6) is 0 Å². The van der Waals surface area contributed by atoms with E-state index in [1.165, 1.54) is 6.26 Å². The first-order valence-electron chi connectivity index (χ1n) is 6.87. The molecule has 114 valence electrons. The number of oxazole rings is 1. The normalized spacial score (nSPS) is 13.7. The minimum absolute atomic E-state index is 0.0315. The van der Waals surface area contributed by atoms with Crippen molar-refractivity contribution >= 4 is 35.1 Å². The maximum Gasteiger partial charge on any atom is 0.302 e. The number of rotatable bonds is 4. The van der Waals surface area contributed by atoms with Crippen molar-refractivity contribution in [2.24, 2.45) is 5.92 Å². The molecule has 0 bridgehead atoms. The summed E-state index contributed by atoms with van der Waals surface area (Å²) in [6, 6.07) is 5.24. The molecule has 7 heteroatoms. The number of aromatic nitrogens is 1. The second-order valence-electron chi connectivity index (χ2n) is 5.22. The Bertz CT molecular complexity index is 737. The fourth-order valence-corrected chi connectivity index (χ4v) is 2.03. The van der Waals surface area contributed by atoms with E-state index in [-0.39, 0.29) is 23.5 Å². The zero-order chi connectivity index (χ0) is 15.7. The Labute approximate surface area is 131 Å². The van der Waals surface area contributed by atoms with Crippen molar-refractivity contribution in [1.82, 2.24) is 4.98 Å². The number of halogens is 1. The molecule has 22 heavy (non-hydrogen) atoms. The predicted molar refractivity (Wildman–Crippen MR) is 82.0 cm³/mol. The van der Waals surface area contributed by atoms with Gasteiger partial charge in [-0.1, -0.05) is 17.7 Å². The molecule has 0 spiro atoms. The van der Waals surface area contributed by atoms with Crippen molar-refractivity contribution in [2.75, 3.05) is 10.6 Å². The number of hydrogen-bond donors (Lipinski definition) is 2. The van der Waals surface area contributed by atoms with E-state index >= 15 is 0 Å². The molecule has 0 atom stereocenters. The van der Waals surface area contributed by atoms with Gasteiger partial charge in [-0.05, 0) is 37.5 Å². The number of anilines is 2. The summed E-state index contributed by atoms with van der Waals surface area (Å²) >= 11 is 6.01. The van der Waals surface area contributed by atoms with Gasteiger partial charge in [-0.2, -0.15) is 4.98 Å². The van der Waals surface area contributed by atoms with Gasteiger partial charge < -0.3 is 9.73 Å². The van der Waals surface area contributed by atoms with Gasteiger partial charge in [0.2, 0.25) is 5.91 Å². The number of nitrogens with zero attached hydrogens (tertiary/aromatic N) is 1. The van der Waals surface area contributed by atoms with Crippen LogP contribution in [0.25, 0.3) is 0 Å². The summed E-state index contributed by atoms with van der Waals surface area (Å²) in [7, 11) is 0. The summed E-state index contributed by atoms with van der Waals surface area (Å²) in [6.45, 7) is 1.88. The van der Waals surface area contributed by atoms with Crippen LogP contribution in [-0.4, -0.2) is 16.8 Å². The van der Waals surface area contributed by atoms with E-state index in [1.54, 1.807) is 12.1 Å². The molecule has 2 amide bonds. The van der Waals surface area contributed by atoms with Crippen LogP contribution in [0.4, 0.5) is 11.7 Å². The number of nitrogens with one attached hydrogen (secondary N) is 2. The molecule has 0 saturated heterocycles. The number of hydrogen-bond acceptors (Lipinski definition) is 4. The Morgan fingerprint density at radius 2 is 2.09 bits per heavy atom. The molecule has 2 aromatic rings. The van der Waals surface area contributed by atoms with Crippen LogP contribution >= 0.6 is 11.6 Å². The molecule has 1 heterocycles. The first kappa shape index (κ1) is 14.6. The highest BCUT2D eigenvalue weighted by Gasteiger charge is 2.30. The summed E-state index contributed by atoms with van der Waals surface area (Å²) in [5, 5.41) is 5.78. The zero-order valence-corrected chi connectivity index (χ0v) is 12.6. The van der Waals surface area contributed by atoms with Crippen molar-refractivity contribution in [3.8, 4) is 0 Å². The predicted octanol–water partition coefficient (Wildman–Crippen LogP) is 3.24. The molecule has 0 radical (unpaired) electrons. The monoisotopic (exact) mass is 319 g/mol. The SMILES string of the molecule is Cc1ccc(NC(=O)c2coc(NC(=O)C3CC3)n2)cc1Cl. The second kappa shape index (κ2) is 5.81. The molecule has 1 aromatic heterocycles.